The summed E-state index contributed by atoms with van der Waals surface area (Å²) >= 11 is 12.1. The average molecular weight is 389 g/mol. The summed E-state index contributed by atoms with van der Waals surface area (Å²) in [5.74, 6) is 0.515. The molecule has 3 rings (SSSR count). The lowest BCUT2D eigenvalue weighted by Gasteiger charge is -2.09. The molecule has 0 aliphatic carbocycles. The van der Waals surface area contributed by atoms with Crippen molar-refractivity contribution in [2.45, 2.75) is 0 Å². The summed E-state index contributed by atoms with van der Waals surface area (Å²) in [5, 5.41) is 6.67. The number of methoxy groups -OCH3 is 1. The van der Waals surface area contributed by atoms with E-state index in [1.54, 1.807) is 30.3 Å². The number of nitrogens with zero attached hydrogens (tertiary/aromatic N) is 2. The van der Waals surface area contributed by atoms with Crippen molar-refractivity contribution in [2.24, 2.45) is 0 Å². The number of carbonyl (C=O) groups is 1. The molecule has 2 aromatic carbocycles. The molecule has 2 N–H and O–H groups in total. The van der Waals surface area contributed by atoms with Gasteiger partial charge in [0.2, 0.25) is 5.95 Å². The van der Waals surface area contributed by atoms with Crippen molar-refractivity contribution in [1.29, 1.82) is 0 Å². The number of rotatable bonds is 5. The van der Waals surface area contributed by atoms with Gasteiger partial charge in [-0.15, -0.1) is 0 Å². The van der Waals surface area contributed by atoms with Gasteiger partial charge in [0, 0.05) is 18.1 Å². The summed E-state index contributed by atoms with van der Waals surface area (Å²) in [4.78, 5) is 20.6. The smallest absolute Gasteiger partial charge is 0.258 e. The van der Waals surface area contributed by atoms with Crippen molar-refractivity contribution in [1.82, 2.24) is 9.97 Å². The number of aromatic nitrogens is 2. The van der Waals surface area contributed by atoms with E-state index < -0.39 is 0 Å². The number of para-hydroxylation sites is 1. The van der Waals surface area contributed by atoms with Gasteiger partial charge in [0.15, 0.2) is 0 Å². The van der Waals surface area contributed by atoms with Crippen LogP contribution in [0.3, 0.4) is 0 Å². The van der Waals surface area contributed by atoms with E-state index in [1.165, 1.54) is 19.5 Å². The van der Waals surface area contributed by atoms with Gasteiger partial charge in [-0.25, -0.2) is 9.97 Å². The Labute approximate surface area is 160 Å². The quantitative estimate of drug-likeness (QED) is 0.656. The van der Waals surface area contributed by atoms with Gasteiger partial charge < -0.3 is 15.4 Å². The van der Waals surface area contributed by atoms with Crippen molar-refractivity contribution < 1.29 is 9.53 Å². The van der Waals surface area contributed by atoms with Gasteiger partial charge in [-0.3, -0.25) is 4.79 Å². The zero-order valence-electron chi connectivity index (χ0n) is 13.7. The van der Waals surface area contributed by atoms with Crippen molar-refractivity contribution >= 4 is 46.4 Å². The van der Waals surface area contributed by atoms with Crippen LogP contribution in [0.4, 0.5) is 17.3 Å². The molecular weight excluding hydrogens is 375 g/mol. The SMILES string of the molecule is COc1ccc(NC(=O)c2cnc(Nc3ccccc3Cl)nc2)cc1Cl. The summed E-state index contributed by atoms with van der Waals surface area (Å²) in [6.07, 6.45) is 2.85. The minimum atomic E-state index is -0.351. The lowest BCUT2D eigenvalue weighted by Crippen LogP contribution is -2.13. The van der Waals surface area contributed by atoms with E-state index in [4.69, 9.17) is 27.9 Å². The van der Waals surface area contributed by atoms with E-state index >= 15 is 0 Å². The molecule has 1 amide bonds. The first-order chi connectivity index (χ1) is 12.6. The monoisotopic (exact) mass is 388 g/mol. The molecule has 1 heterocycles. The molecule has 0 unspecified atom stereocenters. The predicted octanol–water partition coefficient (Wildman–Crippen LogP) is 4.79. The lowest BCUT2D eigenvalue weighted by atomic mass is 10.2. The first-order valence-electron chi connectivity index (χ1n) is 7.55. The maximum atomic E-state index is 12.3. The third-order valence-corrected chi connectivity index (χ3v) is 4.07. The van der Waals surface area contributed by atoms with Crippen molar-refractivity contribution in [3.8, 4) is 5.75 Å². The largest absolute Gasteiger partial charge is 0.495 e. The summed E-state index contributed by atoms with van der Waals surface area (Å²) < 4.78 is 5.08. The van der Waals surface area contributed by atoms with E-state index in [0.29, 0.717) is 38.7 Å². The van der Waals surface area contributed by atoms with Crippen LogP contribution in [0.15, 0.2) is 54.9 Å². The fraction of sp³-hybridized carbons (Fsp3) is 0.0556. The molecule has 0 aliphatic heterocycles. The van der Waals surface area contributed by atoms with Gasteiger partial charge in [0.25, 0.3) is 5.91 Å². The molecule has 0 radical (unpaired) electrons. The standard InChI is InChI=1S/C18H14Cl2N4O2/c1-26-16-7-6-12(8-14(16)20)23-17(25)11-9-21-18(22-10-11)24-15-5-3-2-4-13(15)19/h2-10H,1H3,(H,23,25)(H,21,22,24). The van der Waals surface area contributed by atoms with Crippen LogP contribution in [0.25, 0.3) is 0 Å². The molecule has 0 spiro atoms. The van der Waals surface area contributed by atoms with Gasteiger partial charge in [0.1, 0.15) is 5.75 Å². The molecule has 0 saturated carbocycles. The Balaban J connectivity index is 1.69. The maximum Gasteiger partial charge on any atom is 0.258 e. The fourth-order valence-corrected chi connectivity index (χ4v) is 2.58. The summed E-state index contributed by atoms with van der Waals surface area (Å²) in [7, 11) is 1.52. The first kappa shape index (κ1) is 18.0. The highest BCUT2D eigenvalue weighted by molar-refractivity contribution is 6.33. The number of amides is 1. The number of nitrogens with one attached hydrogen (secondary N) is 2. The Morgan fingerprint density at radius 1 is 1.04 bits per heavy atom. The third-order valence-electron chi connectivity index (χ3n) is 3.44. The van der Waals surface area contributed by atoms with Gasteiger partial charge in [0.05, 0.1) is 28.4 Å². The molecule has 26 heavy (non-hydrogen) atoms. The van der Waals surface area contributed by atoms with Crippen LogP contribution in [0.2, 0.25) is 10.0 Å². The second kappa shape index (κ2) is 8.03. The van der Waals surface area contributed by atoms with Crippen LogP contribution < -0.4 is 15.4 Å². The number of carbonyl (C=O) groups excluding carboxylic acids is 1. The minimum Gasteiger partial charge on any atom is -0.495 e. The van der Waals surface area contributed by atoms with Gasteiger partial charge in [-0.1, -0.05) is 35.3 Å². The average Bonchev–Trinajstić information content (AvgIpc) is 2.64. The summed E-state index contributed by atoms with van der Waals surface area (Å²) in [5.41, 5.74) is 1.53. The van der Waals surface area contributed by atoms with E-state index in [-0.39, 0.29) is 5.91 Å². The fourth-order valence-electron chi connectivity index (χ4n) is 2.14. The third kappa shape index (κ3) is 4.22. The van der Waals surface area contributed by atoms with Gasteiger partial charge >= 0.3 is 0 Å². The molecule has 0 atom stereocenters. The molecule has 8 heteroatoms. The van der Waals surface area contributed by atoms with E-state index in [0.717, 1.165) is 0 Å². The number of hydrogen-bond acceptors (Lipinski definition) is 5. The highest BCUT2D eigenvalue weighted by Crippen LogP contribution is 2.27. The number of ether oxygens (including phenoxy) is 1. The van der Waals surface area contributed by atoms with Crippen LogP contribution in [0, 0.1) is 0 Å². The molecular formula is C18H14Cl2N4O2. The lowest BCUT2D eigenvalue weighted by molar-refractivity contribution is 0.102. The molecule has 0 saturated heterocycles. The Kier molecular flexibility index (Phi) is 5.55. The molecule has 132 valence electrons. The number of benzene rings is 2. The van der Waals surface area contributed by atoms with E-state index in [9.17, 15) is 4.79 Å². The summed E-state index contributed by atoms with van der Waals surface area (Å²) in [6.45, 7) is 0. The maximum absolute atomic E-state index is 12.3. The molecule has 6 nitrogen and oxygen atoms in total. The molecule has 3 aromatic rings. The normalized spacial score (nSPS) is 10.3. The molecule has 0 bridgehead atoms. The molecule has 1 aromatic heterocycles. The molecule has 0 fully saturated rings. The second-order valence-electron chi connectivity index (χ2n) is 5.20. The van der Waals surface area contributed by atoms with Crippen molar-refractivity contribution in [2.75, 3.05) is 17.7 Å². The highest BCUT2D eigenvalue weighted by Gasteiger charge is 2.10. The van der Waals surface area contributed by atoms with Crippen LogP contribution in [0.5, 0.6) is 5.75 Å². The van der Waals surface area contributed by atoms with Gasteiger partial charge in [-0.05, 0) is 30.3 Å². The Hall–Kier alpha value is -2.83. The highest BCUT2D eigenvalue weighted by atomic mass is 35.5. The van der Waals surface area contributed by atoms with Crippen LogP contribution in [-0.4, -0.2) is 23.0 Å². The van der Waals surface area contributed by atoms with Crippen LogP contribution in [0.1, 0.15) is 10.4 Å². The number of anilines is 3. The summed E-state index contributed by atoms with van der Waals surface area (Å²) in [6, 6.07) is 12.2. The van der Waals surface area contributed by atoms with Gasteiger partial charge in [-0.2, -0.15) is 0 Å². The van der Waals surface area contributed by atoms with Crippen LogP contribution >= 0.6 is 23.2 Å². The number of halogens is 2. The molecule has 0 aliphatic rings. The number of hydrogen-bond donors (Lipinski definition) is 2. The first-order valence-corrected chi connectivity index (χ1v) is 8.31. The van der Waals surface area contributed by atoms with Crippen molar-refractivity contribution in [3.63, 3.8) is 0 Å². The minimum absolute atomic E-state index is 0.307. The Morgan fingerprint density at radius 3 is 2.42 bits per heavy atom. The zero-order valence-corrected chi connectivity index (χ0v) is 15.2. The van der Waals surface area contributed by atoms with E-state index in [1.807, 2.05) is 12.1 Å². The topological polar surface area (TPSA) is 76.1 Å². The Bertz CT molecular complexity index is 933. The Morgan fingerprint density at radius 2 is 1.77 bits per heavy atom. The van der Waals surface area contributed by atoms with E-state index in [2.05, 4.69) is 20.6 Å². The second-order valence-corrected chi connectivity index (χ2v) is 6.02. The zero-order chi connectivity index (χ0) is 18.5. The predicted molar refractivity (Wildman–Crippen MR) is 103 cm³/mol. The van der Waals surface area contributed by atoms with Crippen LogP contribution in [-0.2, 0) is 0 Å². The van der Waals surface area contributed by atoms with Crippen molar-refractivity contribution in [3.05, 3.63) is 70.5 Å².